The lowest BCUT2D eigenvalue weighted by Gasteiger charge is -2.38. The maximum atomic E-state index is 13.6. The van der Waals surface area contributed by atoms with Gasteiger partial charge in [-0.2, -0.15) is 0 Å². The van der Waals surface area contributed by atoms with E-state index in [0.717, 1.165) is 42.9 Å². The monoisotopic (exact) mass is 548 g/mol. The smallest absolute Gasteiger partial charge is 0.236 e. The third-order valence-corrected chi connectivity index (χ3v) is 8.32. The SMILES string of the molecule is O=C(C[C@@H]1CCN2C[C@@H]1/C=C\COc1ccccc1CN(Cc1ccc(F)cc1)CC2=O)NCCN1CCCC1. The number of fused-ring (bicyclic) bond motifs is 3. The zero-order valence-corrected chi connectivity index (χ0v) is 23.3. The van der Waals surface area contributed by atoms with E-state index in [2.05, 4.69) is 21.2 Å². The van der Waals surface area contributed by atoms with E-state index in [1.54, 1.807) is 12.1 Å². The van der Waals surface area contributed by atoms with Crippen LogP contribution in [0, 0.1) is 17.7 Å². The van der Waals surface area contributed by atoms with Gasteiger partial charge in [0.25, 0.3) is 0 Å². The van der Waals surface area contributed by atoms with Crippen molar-refractivity contribution in [3.63, 3.8) is 0 Å². The van der Waals surface area contributed by atoms with Crippen LogP contribution in [0.5, 0.6) is 5.75 Å². The Bertz CT molecular complexity index is 1170. The Hall–Kier alpha value is -3.23. The molecule has 3 aliphatic rings. The second kappa shape index (κ2) is 13.9. The van der Waals surface area contributed by atoms with Crippen LogP contribution in [0.2, 0.25) is 0 Å². The summed E-state index contributed by atoms with van der Waals surface area (Å²) in [6, 6.07) is 14.4. The van der Waals surface area contributed by atoms with Gasteiger partial charge >= 0.3 is 0 Å². The molecule has 2 atom stereocenters. The van der Waals surface area contributed by atoms with Gasteiger partial charge in [-0.3, -0.25) is 14.5 Å². The summed E-state index contributed by atoms with van der Waals surface area (Å²) in [4.78, 5) is 32.8. The number of amides is 2. The first-order chi connectivity index (χ1) is 19.5. The number of halogens is 1. The largest absolute Gasteiger partial charge is 0.489 e. The molecule has 0 spiro atoms. The Morgan fingerprint density at radius 2 is 1.80 bits per heavy atom. The zero-order valence-electron chi connectivity index (χ0n) is 23.3. The van der Waals surface area contributed by atoms with Gasteiger partial charge in [0.15, 0.2) is 0 Å². The molecule has 8 heteroatoms. The minimum absolute atomic E-state index is 0.0756. The number of benzene rings is 2. The Morgan fingerprint density at radius 1 is 1.00 bits per heavy atom. The number of nitrogens with one attached hydrogen (secondary N) is 1. The second-order valence-electron chi connectivity index (χ2n) is 11.3. The van der Waals surface area contributed by atoms with Crippen molar-refractivity contribution in [3.05, 3.63) is 77.6 Å². The molecule has 2 saturated heterocycles. The summed E-state index contributed by atoms with van der Waals surface area (Å²) in [6.07, 6.45) is 7.92. The minimum Gasteiger partial charge on any atom is -0.489 e. The summed E-state index contributed by atoms with van der Waals surface area (Å²) in [7, 11) is 0. The molecule has 214 valence electrons. The number of carbonyl (C=O) groups is 2. The molecule has 2 aromatic carbocycles. The number of hydrogen-bond donors (Lipinski definition) is 1. The summed E-state index contributed by atoms with van der Waals surface area (Å²) in [5, 5.41) is 3.12. The third-order valence-electron chi connectivity index (χ3n) is 8.32. The van der Waals surface area contributed by atoms with Crippen molar-refractivity contribution in [2.75, 3.05) is 52.4 Å². The number of para-hydroxylation sites is 1. The number of hydrogen-bond acceptors (Lipinski definition) is 5. The lowest BCUT2D eigenvalue weighted by molar-refractivity contribution is -0.135. The van der Waals surface area contributed by atoms with Gasteiger partial charge in [0.1, 0.15) is 18.2 Å². The molecule has 0 saturated carbocycles. The summed E-state index contributed by atoms with van der Waals surface area (Å²) in [5.41, 5.74) is 1.96. The molecular formula is C32H41FN4O3. The van der Waals surface area contributed by atoms with Crippen molar-refractivity contribution in [3.8, 4) is 5.75 Å². The van der Waals surface area contributed by atoms with E-state index in [1.165, 1.54) is 25.0 Å². The highest BCUT2D eigenvalue weighted by atomic mass is 19.1. The van der Waals surface area contributed by atoms with Crippen molar-refractivity contribution in [1.82, 2.24) is 20.0 Å². The summed E-state index contributed by atoms with van der Waals surface area (Å²) >= 11 is 0. The van der Waals surface area contributed by atoms with Gasteiger partial charge in [0.05, 0.1) is 6.54 Å². The number of carbonyl (C=O) groups excluding carboxylic acids is 2. The van der Waals surface area contributed by atoms with Crippen LogP contribution in [-0.2, 0) is 22.7 Å². The molecule has 0 unspecified atom stereocenters. The fourth-order valence-electron chi connectivity index (χ4n) is 6.09. The van der Waals surface area contributed by atoms with E-state index < -0.39 is 0 Å². The van der Waals surface area contributed by atoms with Crippen LogP contribution in [0.1, 0.15) is 36.8 Å². The molecule has 0 aliphatic carbocycles. The molecule has 2 amide bonds. The molecule has 40 heavy (non-hydrogen) atoms. The molecule has 2 fully saturated rings. The number of ether oxygens (including phenoxy) is 1. The van der Waals surface area contributed by atoms with Crippen LogP contribution in [0.3, 0.4) is 0 Å². The van der Waals surface area contributed by atoms with Crippen LogP contribution in [0.15, 0.2) is 60.7 Å². The lowest BCUT2D eigenvalue weighted by Crippen LogP contribution is -2.47. The van der Waals surface area contributed by atoms with Gasteiger partial charge in [-0.15, -0.1) is 0 Å². The minimum atomic E-state index is -0.273. The maximum Gasteiger partial charge on any atom is 0.236 e. The molecule has 1 N–H and O–H groups in total. The Balaban J connectivity index is 1.27. The number of likely N-dealkylation sites (tertiary alicyclic amines) is 1. The normalized spacial score (nSPS) is 23.3. The predicted molar refractivity (Wildman–Crippen MR) is 153 cm³/mol. The highest BCUT2D eigenvalue weighted by Gasteiger charge is 2.32. The Kier molecular flexibility index (Phi) is 9.84. The average Bonchev–Trinajstić information content (AvgIpc) is 3.47. The number of piperidine rings is 1. The van der Waals surface area contributed by atoms with E-state index in [-0.39, 0.29) is 36.0 Å². The number of rotatable bonds is 7. The van der Waals surface area contributed by atoms with Crippen molar-refractivity contribution >= 4 is 11.8 Å². The number of nitrogens with zero attached hydrogens (tertiary/aromatic N) is 3. The molecule has 2 bridgehead atoms. The van der Waals surface area contributed by atoms with Crippen LogP contribution < -0.4 is 10.1 Å². The maximum absolute atomic E-state index is 13.6. The third kappa shape index (κ3) is 7.92. The average molecular weight is 549 g/mol. The topological polar surface area (TPSA) is 65.1 Å². The first-order valence-electron chi connectivity index (χ1n) is 14.6. The predicted octanol–water partition coefficient (Wildman–Crippen LogP) is 3.84. The van der Waals surface area contributed by atoms with Gasteiger partial charge in [-0.25, -0.2) is 4.39 Å². The van der Waals surface area contributed by atoms with Crippen LogP contribution in [0.25, 0.3) is 0 Å². The van der Waals surface area contributed by atoms with Gasteiger partial charge in [-0.1, -0.05) is 42.5 Å². The van der Waals surface area contributed by atoms with E-state index in [9.17, 15) is 14.0 Å². The highest BCUT2D eigenvalue weighted by molar-refractivity contribution is 5.79. The van der Waals surface area contributed by atoms with Crippen LogP contribution in [-0.4, -0.2) is 78.9 Å². The van der Waals surface area contributed by atoms with E-state index in [1.807, 2.05) is 35.2 Å². The standard InChI is InChI=1S/C32H41FN4O3/c33-29-11-9-25(10-12-29)21-36-22-28-6-1-2-8-30(28)40-19-5-7-27-23-37(32(39)24-36)17-13-26(27)20-31(38)34-14-18-35-15-3-4-16-35/h1-2,5-12,26-27H,3-4,13-24H2,(H,34,38)/b7-5-/t26-,27-/m0/s1. The lowest BCUT2D eigenvalue weighted by atomic mass is 9.82. The Morgan fingerprint density at radius 3 is 2.62 bits per heavy atom. The summed E-state index contributed by atoms with van der Waals surface area (Å²) < 4.78 is 19.7. The van der Waals surface area contributed by atoms with Crippen LogP contribution >= 0.6 is 0 Å². The molecule has 0 radical (unpaired) electrons. The van der Waals surface area contributed by atoms with E-state index >= 15 is 0 Å². The van der Waals surface area contributed by atoms with Gasteiger partial charge < -0.3 is 19.9 Å². The summed E-state index contributed by atoms with van der Waals surface area (Å²) in [5.74, 6) is 0.958. The molecule has 7 nitrogen and oxygen atoms in total. The van der Waals surface area contributed by atoms with Crippen molar-refractivity contribution in [2.24, 2.45) is 11.8 Å². The molecule has 3 heterocycles. The first-order valence-corrected chi connectivity index (χ1v) is 14.6. The van der Waals surface area contributed by atoms with Crippen LogP contribution in [0.4, 0.5) is 4.39 Å². The van der Waals surface area contributed by atoms with Gasteiger partial charge in [0.2, 0.25) is 11.8 Å². The molecular weight excluding hydrogens is 507 g/mol. The highest BCUT2D eigenvalue weighted by Crippen LogP contribution is 2.29. The second-order valence-corrected chi connectivity index (χ2v) is 11.3. The Labute approximate surface area is 237 Å². The zero-order chi connectivity index (χ0) is 27.7. The van der Waals surface area contributed by atoms with E-state index in [0.29, 0.717) is 45.8 Å². The quantitative estimate of drug-likeness (QED) is 0.533. The molecule has 5 rings (SSSR count). The fourth-order valence-corrected chi connectivity index (χ4v) is 6.09. The van der Waals surface area contributed by atoms with Gasteiger partial charge in [0, 0.05) is 51.3 Å². The molecule has 2 aromatic rings. The molecule has 3 aliphatic heterocycles. The first kappa shape index (κ1) is 28.3. The van der Waals surface area contributed by atoms with Crippen molar-refractivity contribution in [1.29, 1.82) is 0 Å². The van der Waals surface area contributed by atoms with Gasteiger partial charge in [-0.05, 0) is 68.0 Å². The molecule has 0 aromatic heterocycles. The summed E-state index contributed by atoms with van der Waals surface area (Å²) in [6.45, 7) is 6.84. The van der Waals surface area contributed by atoms with Crippen molar-refractivity contribution < 1.29 is 18.7 Å². The van der Waals surface area contributed by atoms with Crippen molar-refractivity contribution in [2.45, 2.75) is 38.8 Å². The fraction of sp³-hybridized carbons (Fsp3) is 0.500. The van der Waals surface area contributed by atoms with E-state index in [4.69, 9.17) is 4.74 Å².